The molecule has 0 aliphatic carbocycles. The van der Waals surface area contributed by atoms with Crippen LogP contribution in [0.15, 0.2) is 0 Å². The lowest BCUT2D eigenvalue weighted by Crippen LogP contribution is -2.48. The van der Waals surface area contributed by atoms with Crippen LogP contribution in [0.5, 0.6) is 0 Å². The summed E-state index contributed by atoms with van der Waals surface area (Å²) in [5.74, 6) is 0. The summed E-state index contributed by atoms with van der Waals surface area (Å²) in [5, 5.41) is 38.5. The molecule has 0 saturated carbocycles. The van der Waals surface area contributed by atoms with Crippen molar-refractivity contribution in [3.63, 3.8) is 0 Å². The molecular formula is C8H20N2O4. The smallest absolute Gasteiger partial charge is 0.0572 e. The molecule has 0 radical (unpaired) electrons. The van der Waals surface area contributed by atoms with Crippen molar-refractivity contribution in [3.8, 4) is 0 Å². The second-order valence-corrected chi connectivity index (χ2v) is 2.80. The molecule has 0 spiro atoms. The molecule has 0 amide bonds. The van der Waals surface area contributed by atoms with E-state index in [1.165, 1.54) is 0 Å². The molecule has 86 valence electrons. The van der Waals surface area contributed by atoms with Crippen molar-refractivity contribution >= 4 is 0 Å². The van der Waals surface area contributed by atoms with Gasteiger partial charge in [-0.2, -0.15) is 0 Å². The van der Waals surface area contributed by atoms with Crippen LogP contribution < -0.4 is 0 Å². The third kappa shape index (κ3) is 5.48. The first kappa shape index (κ1) is 13.8. The topological polar surface area (TPSA) is 87.4 Å². The zero-order valence-electron chi connectivity index (χ0n) is 8.34. The van der Waals surface area contributed by atoms with Crippen molar-refractivity contribution in [1.82, 2.24) is 10.0 Å². The molecule has 0 aliphatic heterocycles. The Balaban J connectivity index is 4.06. The number of aliphatic hydroxyl groups is 4. The van der Waals surface area contributed by atoms with E-state index in [1.807, 2.05) is 0 Å². The minimum Gasteiger partial charge on any atom is -0.395 e. The van der Waals surface area contributed by atoms with E-state index in [2.05, 4.69) is 0 Å². The maximum Gasteiger partial charge on any atom is 0.0572 e. The van der Waals surface area contributed by atoms with Crippen LogP contribution in [0.4, 0.5) is 0 Å². The van der Waals surface area contributed by atoms with Gasteiger partial charge in [0.2, 0.25) is 0 Å². The Morgan fingerprint density at radius 1 is 0.500 bits per heavy atom. The Morgan fingerprint density at radius 3 is 0.857 bits per heavy atom. The highest BCUT2D eigenvalue weighted by atomic mass is 16.3. The van der Waals surface area contributed by atoms with E-state index in [0.717, 1.165) is 0 Å². The van der Waals surface area contributed by atoms with Crippen molar-refractivity contribution in [2.45, 2.75) is 0 Å². The van der Waals surface area contributed by atoms with Crippen LogP contribution >= 0.6 is 0 Å². The van der Waals surface area contributed by atoms with Gasteiger partial charge in [0.1, 0.15) is 0 Å². The number of hydrogen-bond acceptors (Lipinski definition) is 6. The predicted octanol–water partition coefficient (Wildman–Crippen LogP) is -2.53. The average molecular weight is 208 g/mol. The van der Waals surface area contributed by atoms with Gasteiger partial charge in [-0.3, -0.25) is 0 Å². The maximum atomic E-state index is 8.77. The van der Waals surface area contributed by atoms with E-state index in [4.69, 9.17) is 20.4 Å². The van der Waals surface area contributed by atoms with Crippen molar-refractivity contribution in [2.24, 2.45) is 0 Å². The first-order chi connectivity index (χ1) is 6.79. The fourth-order valence-corrected chi connectivity index (χ4v) is 1.25. The van der Waals surface area contributed by atoms with Crippen LogP contribution in [0.25, 0.3) is 0 Å². The van der Waals surface area contributed by atoms with E-state index in [9.17, 15) is 0 Å². The Labute approximate surface area is 84.0 Å². The standard InChI is InChI=1S/C8H20N2O4/c11-5-1-9(2-6-12)10(3-7-13)4-8-14/h11-14H,1-8H2. The Hall–Kier alpha value is -0.240. The lowest BCUT2D eigenvalue weighted by atomic mass is 10.5. The Morgan fingerprint density at radius 2 is 0.714 bits per heavy atom. The summed E-state index contributed by atoms with van der Waals surface area (Å²) in [7, 11) is 0. The van der Waals surface area contributed by atoms with Crippen molar-refractivity contribution < 1.29 is 20.4 Å². The molecule has 0 aromatic carbocycles. The molecule has 0 fully saturated rings. The van der Waals surface area contributed by atoms with Gasteiger partial charge < -0.3 is 20.4 Å². The summed E-state index contributed by atoms with van der Waals surface area (Å²) in [6.07, 6.45) is 0. The van der Waals surface area contributed by atoms with Crippen molar-refractivity contribution in [1.29, 1.82) is 0 Å². The molecular weight excluding hydrogens is 188 g/mol. The highest BCUT2D eigenvalue weighted by Gasteiger charge is 2.12. The molecule has 14 heavy (non-hydrogen) atoms. The fourth-order valence-electron chi connectivity index (χ4n) is 1.25. The normalized spacial score (nSPS) is 11.6. The first-order valence-electron chi connectivity index (χ1n) is 4.73. The van der Waals surface area contributed by atoms with Crippen LogP contribution in [-0.2, 0) is 0 Å². The summed E-state index contributed by atoms with van der Waals surface area (Å²) in [6.45, 7) is 1.48. The molecule has 6 heteroatoms. The fraction of sp³-hybridized carbons (Fsp3) is 1.00. The number of hydrazine groups is 1. The predicted molar refractivity (Wildman–Crippen MR) is 51.5 cm³/mol. The van der Waals surface area contributed by atoms with Gasteiger partial charge in [-0.1, -0.05) is 0 Å². The number of hydrogen-bond donors (Lipinski definition) is 4. The van der Waals surface area contributed by atoms with Crippen LogP contribution in [0.1, 0.15) is 0 Å². The van der Waals surface area contributed by atoms with Gasteiger partial charge in [-0.05, 0) is 0 Å². The average Bonchev–Trinajstić information content (AvgIpc) is 2.17. The molecule has 0 aromatic heterocycles. The SMILES string of the molecule is OCCN(CCO)N(CCO)CCO. The van der Waals surface area contributed by atoms with Gasteiger partial charge >= 0.3 is 0 Å². The van der Waals surface area contributed by atoms with E-state index in [-0.39, 0.29) is 26.4 Å². The summed E-state index contributed by atoms with van der Waals surface area (Å²) >= 11 is 0. The van der Waals surface area contributed by atoms with Gasteiger partial charge in [0.25, 0.3) is 0 Å². The molecule has 0 rings (SSSR count). The van der Waals surface area contributed by atoms with Gasteiger partial charge in [0.15, 0.2) is 0 Å². The van der Waals surface area contributed by atoms with E-state index in [0.29, 0.717) is 26.2 Å². The van der Waals surface area contributed by atoms with Gasteiger partial charge in [-0.15, -0.1) is 0 Å². The van der Waals surface area contributed by atoms with Crippen LogP contribution in [0.3, 0.4) is 0 Å². The summed E-state index contributed by atoms with van der Waals surface area (Å²) in [4.78, 5) is 0. The molecule has 0 aliphatic rings. The minimum atomic E-state index is -0.0205. The third-order valence-electron chi connectivity index (χ3n) is 1.83. The highest BCUT2D eigenvalue weighted by molar-refractivity contribution is 4.57. The van der Waals surface area contributed by atoms with E-state index < -0.39 is 0 Å². The Kier molecular flexibility index (Phi) is 9.16. The quantitative estimate of drug-likeness (QED) is 0.313. The van der Waals surface area contributed by atoms with Gasteiger partial charge in [-0.25, -0.2) is 10.0 Å². The number of nitrogens with zero attached hydrogens (tertiary/aromatic N) is 2. The van der Waals surface area contributed by atoms with Crippen LogP contribution in [0, 0.1) is 0 Å². The summed E-state index contributed by atoms with van der Waals surface area (Å²) in [6, 6.07) is 0. The van der Waals surface area contributed by atoms with E-state index >= 15 is 0 Å². The van der Waals surface area contributed by atoms with Gasteiger partial charge in [0, 0.05) is 26.2 Å². The minimum absolute atomic E-state index is 0.0205. The number of aliphatic hydroxyl groups excluding tert-OH is 4. The van der Waals surface area contributed by atoms with E-state index in [1.54, 1.807) is 10.0 Å². The lowest BCUT2D eigenvalue weighted by Gasteiger charge is -2.33. The first-order valence-corrected chi connectivity index (χ1v) is 4.73. The molecule has 0 atom stereocenters. The lowest BCUT2D eigenvalue weighted by molar-refractivity contribution is -0.0604. The molecule has 0 aromatic rings. The summed E-state index contributed by atoms with van der Waals surface area (Å²) in [5.41, 5.74) is 0. The molecule has 0 bridgehead atoms. The highest BCUT2D eigenvalue weighted by Crippen LogP contribution is 1.96. The molecule has 0 heterocycles. The second kappa shape index (κ2) is 9.32. The monoisotopic (exact) mass is 208 g/mol. The van der Waals surface area contributed by atoms with Crippen molar-refractivity contribution in [2.75, 3.05) is 52.6 Å². The second-order valence-electron chi connectivity index (χ2n) is 2.80. The van der Waals surface area contributed by atoms with Gasteiger partial charge in [0.05, 0.1) is 26.4 Å². The molecule has 6 nitrogen and oxygen atoms in total. The zero-order chi connectivity index (χ0) is 10.8. The molecule has 0 unspecified atom stereocenters. The third-order valence-corrected chi connectivity index (χ3v) is 1.83. The number of rotatable bonds is 9. The Bertz CT molecular complexity index is 99.9. The maximum absolute atomic E-state index is 8.77. The molecule has 4 N–H and O–H groups in total. The largest absolute Gasteiger partial charge is 0.395 e. The summed E-state index contributed by atoms with van der Waals surface area (Å²) < 4.78 is 0. The molecule has 0 saturated heterocycles. The zero-order valence-corrected chi connectivity index (χ0v) is 8.34. The van der Waals surface area contributed by atoms with Crippen LogP contribution in [-0.4, -0.2) is 83.1 Å². The van der Waals surface area contributed by atoms with Crippen molar-refractivity contribution in [3.05, 3.63) is 0 Å². The van der Waals surface area contributed by atoms with Crippen LogP contribution in [0.2, 0.25) is 0 Å².